The van der Waals surface area contributed by atoms with Crippen LogP contribution in [0.25, 0.3) is 0 Å². The number of carbonyl (C=O) groups excluding carboxylic acids is 1. The predicted octanol–water partition coefficient (Wildman–Crippen LogP) is -0.0951. The number of hydrogen-bond donors (Lipinski definition) is 3. The van der Waals surface area contributed by atoms with Gasteiger partial charge in [-0.25, -0.2) is 0 Å². The minimum atomic E-state index is -0.986. The van der Waals surface area contributed by atoms with Crippen LogP contribution in [0, 0.1) is 0 Å². The quantitative estimate of drug-likeness (QED) is 0.570. The van der Waals surface area contributed by atoms with Crippen molar-refractivity contribution in [3.05, 3.63) is 0 Å². The maximum absolute atomic E-state index is 11.4. The molecule has 7 nitrogen and oxygen atoms in total. The zero-order valence-electron chi connectivity index (χ0n) is 11.0. The molecule has 1 amide bonds. The van der Waals surface area contributed by atoms with Crippen LogP contribution < -0.4 is 5.32 Å². The highest BCUT2D eigenvalue weighted by Gasteiger charge is 2.34. The van der Waals surface area contributed by atoms with Crippen LogP contribution in [-0.2, 0) is 14.4 Å². The van der Waals surface area contributed by atoms with E-state index in [4.69, 9.17) is 10.2 Å². The van der Waals surface area contributed by atoms with Gasteiger partial charge in [0.25, 0.3) is 0 Å². The van der Waals surface area contributed by atoms with E-state index in [1.807, 2.05) is 11.8 Å². The molecule has 1 rings (SSSR count). The molecule has 0 radical (unpaired) electrons. The molecular formula is C12H20N2O5. The summed E-state index contributed by atoms with van der Waals surface area (Å²) in [4.78, 5) is 34.2. The number of rotatable bonds is 8. The fraction of sp³-hybridized carbons (Fsp3) is 0.750. The number of nitrogens with zero attached hydrogens (tertiary/aromatic N) is 1. The van der Waals surface area contributed by atoms with Gasteiger partial charge in [-0.15, -0.1) is 0 Å². The van der Waals surface area contributed by atoms with E-state index in [0.29, 0.717) is 6.54 Å². The van der Waals surface area contributed by atoms with Gasteiger partial charge >= 0.3 is 11.9 Å². The SMILES string of the molecule is CCN(CC(=O)O)C1CC(NC(=O)CCC(=O)O)C1. The van der Waals surface area contributed by atoms with Crippen molar-refractivity contribution >= 4 is 17.8 Å². The first-order chi connectivity index (χ1) is 8.92. The fourth-order valence-corrected chi connectivity index (χ4v) is 2.20. The van der Waals surface area contributed by atoms with Crippen molar-refractivity contribution in [1.82, 2.24) is 10.2 Å². The first kappa shape index (κ1) is 15.4. The van der Waals surface area contributed by atoms with Crippen molar-refractivity contribution in [3.63, 3.8) is 0 Å². The lowest BCUT2D eigenvalue weighted by Crippen LogP contribution is -2.54. The molecule has 0 unspecified atom stereocenters. The summed E-state index contributed by atoms with van der Waals surface area (Å²) in [7, 11) is 0. The van der Waals surface area contributed by atoms with E-state index in [1.54, 1.807) is 0 Å². The summed E-state index contributed by atoms with van der Waals surface area (Å²) in [5, 5.41) is 20.0. The third kappa shape index (κ3) is 5.25. The molecule has 108 valence electrons. The molecule has 7 heteroatoms. The average molecular weight is 272 g/mol. The van der Waals surface area contributed by atoms with Crippen LogP contribution in [0.15, 0.2) is 0 Å². The molecule has 0 atom stereocenters. The number of nitrogens with one attached hydrogen (secondary N) is 1. The lowest BCUT2D eigenvalue weighted by Gasteiger charge is -2.42. The maximum Gasteiger partial charge on any atom is 0.317 e. The molecule has 1 aliphatic carbocycles. The number of carbonyl (C=O) groups is 3. The van der Waals surface area contributed by atoms with Crippen LogP contribution in [0.4, 0.5) is 0 Å². The summed E-state index contributed by atoms with van der Waals surface area (Å²) in [6.45, 7) is 2.58. The molecule has 1 aliphatic rings. The summed E-state index contributed by atoms with van der Waals surface area (Å²) in [6.07, 6.45) is 1.27. The molecule has 3 N–H and O–H groups in total. The minimum Gasteiger partial charge on any atom is -0.481 e. The molecule has 0 aliphatic heterocycles. The number of amides is 1. The van der Waals surface area contributed by atoms with Crippen LogP contribution >= 0.6 is 0 Å². The normalized spacial score (nSPS) is 21.8. The third-order valence-corrected chi connectivity index (χ3v) is 3.31. The number of likely N-dealkylation sites (N-methyl/N-ethyl adjacent to an activating group) is 1. The van der Waals surface area contributed by atoms with Crippen molar-refractivity contribution in [3.8, 4) is 0 Å². The Morgan fingerprint density at radius 3 is 2.26 bits per heavy atom. The second-order valence-electron chi connectivity index (χ2n) is 4.74. The number of hydrogen-bond acceptors (Lipinski definition) is 4. The molecule has 0 heterocycles. The lowest BCUT2D eigenvalue weighted by molar-refractivity contribution is -0.139. The van der Waals surface area contributed by atoms with Gasteiger partial charge in [0.1, 0.15) is 0 Å². The highest BCUT2D eigenvalue weighted by Crippen LogP contribution is 2.25. The second-order valence-corrected chi connectivity index (χ2v) is 4.74. The predicted molar refractivity (Wildman–Crippen MR) is 66.7 cm³/mol. The molecule has 1 fully saturated rings. The fourth-order valence-electron chi connectivity index (χ4n) is 2.20. The Bertz CT molecular complexity index is 352. The highest BCUT2D eigenvalue weighted by molar-refractivity contribution is 5.80. The smallest absolute Gasteiger partial charge is 0.317 e. The molecule has 19 heavy (non-hydrogen) atoms. The first-order valence-corrected chi connectivity index (χ1v) is 6.39. The Labute approximate surface area is 111 Å². The van der Waals surface area contributed by atoms with Crippen LogP contribution in [0.3, 0.4) is 0 Å². The van der Waals surface area contributed by atoms with Gasteiger partial charge in [-0.1, -0.05) is 6.92 Å². The van der Waals surface area contributed by atoms with Crippen molar-refractivity contribution in [2.45, 2.75) is 44.7 Å². The zero-order chi connectivity index (χ0) is 14.4. The van der Waals surface area contributed by atoms with Gasteiger partial charge < -0.3 is 15.5 Å². The summed E-state index contributed by atoms with van der Waals surface area (Å²) < 4.78 is 0. The van der Waals surface area contributed by atoms with Gasteiger partial charge in [0, 0.05) is 18.5 Å². The van der Waals surface area contributed by atoms with Gasteiger partial charge in [-0.2, -0.15) is 0 Å². The van der Waals surface area contributed by atoms with Crippen molar-refractivity contribution in [2.75, 3.05) is 13.1 Å². The van der Waals surface area contributed by atoms with Crippen LogP contribution in [0.2, 0.25) is 0 Å². The summed E-state index contributed by atoms with van der Waals surface area (Å²) in [5.74, 6) is -2.09. The van der Waals surface area contributed by atoms with Gasteiger partial charge in [-0.3, -0.25) is 19.3 Å². The summed E-state index contributed by atoms with van der Waals surface area (Å²) in [5.41, 5.74) is 0. The number of aliphatic carboxylic acids is 2. The summed E-state index contributed by atoms with van der Waals surface area (Å²) in [6, 6.07) is 0.222. The van der Waals surface area contributed by atoms with Gasteiger partial charge in [0.15, 0.2) is 0 Å². The molecule has 0 bridgehead atoms. The number of carboxylic acids is 2. The first-order valence-electron chi connectivity index (χ1n) is 6.39. The van der Waals surface area contributed by atoms with Crippen molar-refractivity contribution < 1.29 is 24.6 Å². The van der Waals surface area contributed by atoms with E-state index in [0.717, 1.165) is 12.8 Å². The Morgan fingerprint density at radius 1 is 1.16 bits per heavy atom. The molecule has 0 aromatic rings. The van der Waals surface area contributed by atoms with E-state index >= 15 is 0 Å². The van der Waals surface area contributed by atoms with E-state index in [-0.39, 0.29) is 37.4 Å². The molecule has 0 spiro atoms. The molecule has 0 saturated heterocycles. The van der Waals surface area contributed by atoms with Crippen LogP contribution in [0.1, 0.15) is 32.6 Å². The van der Waals surface area contributed by atoms with Gasteiger partial charge in [0.05, 0.1) is 13.0 Å². The van der Waals surface area contributed by atoms with Crippen LogP contribution in [-0.4, -0.2) is 58.1 Å². The van der Waals surface area contributed by atoms with Gasteiger partial charge in [-0.05, 0) is 19.4 Å². The standard InChI is InChI=1S/C12H20N2O5/c1-2-14(7-12(18)19)9-5-8(6-9)13-10(15)3-4-11(16)17/h8-9H,2-7H2,1H3,(H,13,15)(H,16,17)(H,18,19). The Hall–Kier alpha value is -1.63. The highest BCUT2D eigenvalue weighted by atomic mass is 16.4. The van der Waals surface area contributed by atoms with E-state index in [9.17, 15) is 14.4 Å². The molecule has 0 aromatic carbocycles. The zero-order valence-corrected chi connectivity index (χ0v) is 11.0. The van der Waals surface area contributed by atoms with Crippen LogP contribution in [0.5, 0.6) is 0 Å². The Morgan fingerprint density at radius 2 is 1.79 bits per heavy atom. The van der Waals surface area contributed by atoms with Crippen molar-refractivity contribution in [2.24, 2.45) is 0 Å². The Balaban J connectivity index is 2.23. The van der Waals surface area contributed by atoms with E-state index in [1.165, 1.54) is 0 Å². The van der Waals surface area contributed by atoms with E-state index < -0.39 is 11.9 Å². The number of carboxylic acid groups (broad SMARTS) is 2. The van der Waals surface area contributed by atoms with Gasteiger partial charge in [0.2, 0.25) is 5.91 Å². The second kappa shape index (κ2) is 7.08. The summed E-state index contributed by atoms with van der Waals surface area (Å²) >= 11 is 0. The average Bonchev–Trinajstić information content (AvgIpc) is 2.27. The minimum absolute atomic E-state index is 0.0108. The lowest BCUT2D eigenvalue weighted by atomic mass is 9.85. The third-order valence-electron chi connectivity index (χ3n) is 3.31. The van der Waals surface area contributed by atoms with Crippen molar-refractivity contribution in [1.29, 1.82) is 0 Å². The molecular weight excluding hydrogens is 252 g/mol. The molecule has 0 aromatic heterocycles. The molecule has 1 saturated carbocycles. The maximum atomic E-state index is 11.4. The monoisotopic (exact) mass is 272 g/mol. The largest absolute Gasteiger partial charge is 0.481 e. The topological polar surface area (TPSA) is 107 Å². The Kier molecular flexibility index (Phi) is 5.75. The van der Waals surface area contributed by atoms with E-state index in [2.05, 4.69) is 5.32 Å².